The Morgan fingerprint density at radius 1 is 1.44 bits per heavy atom. The van der Waals surface area contributed by atoms with E-state index < -0.39 is 5.91 Å². The van der Waals surface area contributed by atoms with Crippen molar-refractivity contribution in [3.05, 3.63) is 22.5 Å². The van der Waals surface area contributed by atoms with Gasteiger partial charge < -0.3 is 10.7 Å². The molecule has 16 heavy (non-hydrogen) atoms. The largest absolute Gasteiger partial charge is 0.355 e. The van der Waals surface area contributed by atoms with Crippen LogP contribution in [0.15, 0.2) is 0 Å². The average Bonchev–Trinajstić information content (AvgIpc) is 2.54. The summed E-state index contributed by atoms with van der Waals surface area (Å²) in [7, 11) is 0. The van der Waals surface area contributed by atoms with E-state index in [9.17, 15) is 14.4 Å². The summed E-state index contributed by atoms with van der Waals surface area (Å²) < 4.78 is 0. The van der Waals surface area contributed by atoms with Gasteiger partial charge in [-0.05, 0) is 12.5 Å². The summed E-state index contributed by atoms with van der Waals surface area (Å²) in [6.45, 7) is 1.53. The number of imide groups is 1. The number of nitrogens with one attached hydrogen (secondary N) is 2. The monoisotopic (exact) mass is 221 g/mol. The third-order valence-corrected chi connectivity index (χ3v) is 2.61. The highest BCUT2D eigenvalue weighted by molar-refractivity contribution is 6.12. The van der Waals surface area contributed by atoms with Gasteiger partial charge in [0.25, 0.3) is 5.91 Å². The number of carbonyl (C=O) groups excluding carboxylic acids is 3. The van der Waals surface area contributed by atoms with Crippen LogP contribution < -0.4 is 11.1 Å². The third kappa shape index (κ3) is 1.43. The van der Waals surface area contributed by atoms with E-state index in [4.69, 9.17) is 5.73 Å². The van der Waals surface area contributed by atoms with E-state index in [1.807, 2.05) is 0 Å². The number of fused-ring (bicyclic) bond motifs is 1. The van der Waals surface area contributed by atoms with E-state index in [0.29, 0.717) is 22.5 Å². The standard InChI is InChI=1S/C10H11N3O3/c1-4-8-5(2-7(15)13-10(8)16)12-9(4)6(14)3-11/h12H,2-3,11H2,1H3,(H,13,15,16). The zero-order valence-electron chi connectivity index (χ0n) is 8.72. The van der Waals surface area contributed by atoms with Gasteiger partial charge in [-0.1, -0.05) is 0 Å². The molecular weight excluding hydrogens is 210 g/mol. The summed E-state index contributed by atoms with van der Waals surface area (Å²) in [5, 5.41) is 2.21. The molecule has 84 valence electrons. The lowest BCUT2D eigenvalue weighted by Gasteiger charge is -2.11. The molecule has 0 fully saturated rings. The second kappa shape index (κ2) is 3.57. The molecule has 0 saturated carbocycles. The molecule has 1 aliphatic rings. The molecule has 1 aromatic rings. The number of ketones is 1. The fraction of sp³-hybridized carbons (Fsp3) is 0.300. The first-order valence-corrected chi connectivity index (χ1v) is 4.83. The maximum atomic E-state index is 11.5. The zero-order valence-corrected chi connectivity index (χ0v) is 8.72. The SMILES string of the molecule is Cc1c(C(=O)CN)[nH]c2c1C(=O)NC(=O)C2. The minimum Gasteiger partial charge on any atom is -0.355 e. The average molecular weight is 221 g/mol. The summed E-state index contributed by atoms with van der Waals surface area (Å²) in [5.74, 6) is -1.10. The van der Waals surface area contributed by atoms with Gasteiger partial charge in [0.15, 0.2) is 5.78 Å². The van der Waals surface area contributed by atoms with Crippen molar-refractivity contribution in [2.45, 2.75) is 13.3 Å². The number of aromatic nitrogens is 1. The van der Waals surface area contributed by atoms with Gasteiger partial charge in [0.05, 0.1) is 24.2 Å². The van der Waals surface area contributed by atoms with Crippen molar-refractivity contribution in [2.24, 2.45) is 5.73 Å². The molecule has 0 atom stereocenters. The van der Waals surface area contributed by atoms with Gasteiger partial charge in [-0.3, -0.25) is 19.7 Å². The fourth-order valence-corrected chi connectivity index (χ4v) is 1.87. The number of aromatic amines is 1. The van der Waals surface area contributed by atoms with Crippen molar-refractivity contribution in [1.29, 1.82) is 0 Å². The molecule has 6 nitrogen and oxygen atoms in total. The first-order valence-electron chi connectivity index (χ1n) is 4.83. The second-order valence-electron chi connectivity index (χ2n) is 3.66. The Morgan fingerprint density at radius 3 is 2.75 bits per heavy atom. The lowest BCUT2D eigenvalue weighted by atomic mass is 10.0. The minimum atomic E-state index is -0.462. The molecule has 2 rings (SSSR count). The van der Waals surface area contributed by atoms with Crippen molar-refractivity contribution in [3.63, 3.8) is 0 Å². The fourth-order valence-electron chi connectivity index (χ4n) is 1.87. The number of amides is 2. The van der Waals surface area contributed by atoms with Gasteiger partial charge in [-0.25, -0.2) is 0 Å². The van der Waals surface area contributed by atoms with Crippen LogP contribution in [0, 0.1) is 6.92 Å². The lowest BCUT2D eigenvalue weighted by molar-refractivity contribution is -0.119. The highest BCUT2D eigenvalue weighted by Crippen LogP contribution is 2.21. The highest BCUT2D eigenvalue weighted by atomic mass is 16.2. The first kappa shape index (κ1) is 10.6. The van der Waals surface area contributed by atoms with Crippen LogP contribution in [-0.4, -0.2) is 29.1 Å². The zero-order chi connectivity index (χ0) is 11.9. The van der Waals surface area contributed by atoms with Crippen molar-refractivity contribution < 1.29 is 14.4 Å². The molecule has 6 heteroatoms. The number of carbonyl (C=O) groups is 3. The van der Waals surface area contributed by atoms with Crippen LogP contribution in [0.5, 0.6) is 0 Å². The minimum absolute atomic E-state index is 0.0831. The van der Waals surface area contributed by atoms with Gasteiger partial charge in [0, 0.05) is 5.69 Å². The Bertz CT molecular complexity index is 502. The molecule has 1 aromatic heterocycles. The molecule has 0 bridgehead atoms. The van der Waals surface area contributed by atoms with Crippen LogP contribution >= 0.6 is 0 Å². The van der Waals surface area contributed by atoms with Gasteiger partial charge in [0.1, 0.15) is 0 Å². The third-order valence-electron chi connectivity index (χ3n) is 2.61. The van der Waals surface area contributed by atoms with E-state index >= 15 is 0 Å². The molecule has 0 unspecified atom stereocenters. The van der Waals surface area contributed by atoms with Crippen molar-refractivity contribution in [1.82, 2.24) is 10.3 Å². The quantitative estimate of drug-likeness (QED) is 0.452. The summed E-state index contributed by atoms with van der Waals surface area (Å²) in [6.07, 6.45) is 0.0831. The number of hydrogen-bond acceptors (Lipinski definition) is 4. The van der Waals surface area contributed by atoms with E-state index in [-0.39, 0.29) is 24.7 Å². The van der Waals surface area contributed by atoms with Crippen molar-refractivity contribution in [3.8, 4) is 0 Å². The number of H-pyrrole nitrogens is 1. The Labute approximate surface area is 91.2 Å². The Kier molecular flexibility index (Phi) is 2.35. The van der Waals surface area contributed by atoms with Crippen LogP contribution in [0.25, 0.3) is 0 Å². The van der Waals surface area contributed by atoms with Crippen molar-refractivity contribution >= 4 is 17.6 Å². The topological polar surface area (TPSA) is 105 Å². The smallest absolute Gasteiger partial charge is 0.259 e. The number of hydrogen-bond donors (Lipinski definition) is 3. The maximum absolute atomic E-state index is 11.5. The van der Waals surface area contributed by atoms with Gasteiger partial charge in [-0.2, -0.15) is 0 Å². The normalized spacial score (nSPS) is 14.6. The highest BCUT2D eigenvalue weighted by Gasteiger charge is 2.29. The number of nitrogens with two attached hydrogens (primary N) is 1. The van der Waals surface area contributed by atoms with E-state index in [0.717, 1.165) is 0 Å². The lowest BCUT2D eigenvalue weighted by Crippen LogP contribution is -2.37. The van der Waals surface area contributed by atoms with Crippen LogP contribution in [0.1, 0.15) is 32.1 Å². The van der Waals surface area contributed by atoms with Gasteiger partial charge in [-0.15, -0.1) is 0 Å². The number of rotatable bonds is 2. The number of Topliss-reactive ketones (excluding diaryl/α,β-unsaturated/α-hetero) is 1. The molecule has 0 saturated heterocycles. The maximum Gasteiger partial charge on any atom is 0.259 e. The predicted molar refractivity (Wildman–Crippen MR) is 55.1 cm³/mol. The van der Waals surface area contributed by atoms with Crippen LogP contribution in [0.2, 0.25) is 0 Å². The molecule has 0 aliphatic carbocycles. The second-order valence-corrected chi connectivity index (χ2v) is 3.66. The van der Waals surface area contributed by atoms with Gasteiger partial charge in [0.2, 0.25) is 5.91 Å². The first-order chi connectivity index (χ1) is 7.54. The Morgan fingerprint density at radius 2 is 2.12 bits per heavy atom. The molecule has 4 N–H and O–H groups in total. The molecule has 1 aliphatic heterocycles. The summed E-state index contributed by atoms with van der Waals surface area (Å²) in [4.78, 5) is 37.0. The van der Waals surface area contributed by atoms with Crippen LogP contribution in [-0.2, 0) is 11.2 Å². The van der Waals surface area contributed by atoms with E-state index in [1.54, 1.807) is 6.92 Å². The molecule has 0 radical (unpaired) electrons. The summed E-state index contributed by atoms with van der Waals surface area (Å²) >= 11 is 0. The molecular formula is C10H11N3O3. The van der Waals surface area contributed by atoms with Crippen LogP contribution in [0.4, 0.5) is 0 Å². The Balaban J connectivity index is 2.55. The summed E-state index contributed by atoms with van der Waals surface area (Å²) in [6, 6.07) is 0. The van der Waals surface area contributed by atoms with Crippen molar-refractivity contribution in [2.75, 3.05) is 6.54 Å². The summed E-state index contributed by atoms with van der Waals surface area (Å²) in [5.41, 5.74) is 7.00. The van der Waals surface area contributed by atoms with Gasteiger partial charge >= 0.3 is 0 Å². The molecule has 2 amide bonds. The van der Waals surface area contributed by atoms with E-state index in [2.05, 4.69) is 10.3 Å². The van der Waals surface area contributed by atoms with Crippen LogP contribution in [0.3, 0.4) is 0 Å². The molecule has 2 heterocycles. The molecule has 0 aromatic carbocycles. The Hall–Kier alpha value is -1.95. The predicted octanol–water partition coefficient (Wildman–Crippen LogP) is -0.723. The molecule has 0 spiro atoms. The van der Waals surface area contributed by atoms with E-state index in [1.165, 1.54) is 0 Å².